The number of pyridine rings is 1. The highest BCUT2D eigenvalue weighted by Gasteiger charge is 2.22. The minimum atomic E-state index is -0.0866. The molecule has 156 valence electrons. The highest BCUT2D eigenvalue weighted by atomic mass is 35.5. The normalized spacial score (nSPS) is 14.1. The number of piperazine rings is 1. The quantitative estimate of drug-likeness (QED) is 0.591. The highest BCUT2D eigenvalue weighted by Crippen LogP contribution is 2.27. The van der Waals surface area contributed by atoms with Gasteiger partial charge in [-0.3, -0.25) is 4.79 Å². The average Bonchev–Trinajstić information content (AvgIpc) is 3.19. The van der Waals surface area contributed by atoms with Gasteiger partial charge in [-0.2, -0.15) is 4.98 Å². The van der Waals surface area contributed by atoms with Crippen molar-refractivity contribution in [1.82, 2.24) is 20.0 Å². The summed E-state index contributed by atoms with van der Waals surface area (Å²) in [5, 5.41) is 4.79. The number of hydrogen-bond donors (Lipinski definition) is 0. The zero-order valence-electron chi connectivity index (χ0n) is 16.2. The molecule has 0 unspecified atom stereocenters. The number of amides is 1. The third-order valence-corrected chi connectivity index (χ3v) is 5.27. The maximum absolute atomic E-state index is 12.5. The Bertz CT molecular complexity index is 1030. The van der Waals surface area contributed by atoms with Gasteiger partial charge in [-0.05, 0) is 30.3 Å². The summed E-state index contributed by atoms with van der Waals surface area (Å²) in [4.78, 5) is 25.1. The topological polar surface area (TPSA) is 84.6 Å². The lowest BCUT2D eigenvalue weighted by atomic mass is 10.2. The van der Waals surface area contributed by atoms with E-state index in [0.717, 1.165) is 11.4 Å². The van der Waals surface area contributed by atoms with Gasteiger partial charge in [0.2, 0.25) is 11.7 Å². The predicted octanol–water partition coefficient (Wildman–Crippen LogP) is 3.47. The summed E-state index contributed by atoms with van der Waals surface area (Å²) in [6.45, 7) is 4.21. The van der Waals surface area contributed by atoms with Crippen molar-refractivity contribution in [2.24, 2.45) is 0 Å². The highest BCUT2D eigenvalue weighted by molar-refractivity contribution is 6.35. The van der Waals surface area contributed by atoms with Crippen LogP contribution in [0.5, 0.6) is 5.75 Å². The molecular formula is C20H19Cl2N5O3. The van der Waals surface area contributed by atoms with E-state index in [1.807, 2.05) is 12.1 Å². The average molecular weight is 448 g/mol. The first-order valence-corrected chi connectivity index (χ1v) is 10.1. The molecule has 3 heterocycles. The number of hydrogen-bond acceptors (Lipinski definition) is 7. The van der Waals surface area contributed by atoms with E-state index < -0.39 is 0 Å². The van der Waals surface area contributed by atoms with Crippen LogP contribution in [0.1, 0.15) is 5.89 Å². The van der Waals surface area contributed by atoms with Crippen molar-refractivity contribution in [2.75, 3.05) is 37.7 Å². The van der Waals surface area contributed by atoms with Crippen molar-refractivity contribution in [1.29, 1.82) is 0 Å². The van der Waals surface area contributed by atoms with E-state index in [4.69, 9.17) is 32.5 Å². The van der Waals surface area contributed by atoms with Crippen molar-refractivity contribution >= 4 is 34.9 Å². The summed E-state index contributed by atoms with van der Waals surface area (Å²) in [5.74, 6) is 2.22. The molecular weight excluding hydrogens is 429 g/mol. The number of aromatic nitrogens is 3. The molecule has 8 nitrogen and oxygen atoms in total. The molecule has 0 spiro atoms. The molecule has 10 heteroatoms. The Morgan fingerprint density at radius 3 is 2.60 bits per heavy atom. The van der Waals surface area contributed by atoms with E-state index in [1.54, 1.807) is 36.2 Å². The van der Waals surface area contributed by atoms with Crippen LogP contribution in [0.15, 0.2) is 41.1 Å². The maximum atomic E-state index is 12.5. The second kappa shape index (κ2) is 8.89. The van der Waals surface area contributed by atoms with Crippen LogP contribution in [0.3, 0.4) is 0 Å². The lowest BCUT2D eigenvalue weighted by Gasteiger charge is -2.35. The van der Waals surface area contributed by atoms with Gasteiger partial charge in [-0.15, -0.1) is 0 Å². The third kappa shape index (κ3) is 4.66. The smallest absolute Gasteiger partial charge is 0.260 e. The van der Waals surface area contributed by atoms with Crippen LogP contribution in [0.4, 0.5) is 5.82 Å². The minimum absolute atomic E-state index is 0.0710. The monoisotopic (exact) mass is 447 g/mol. The lowest BCUT2D eigenvalue weighted by molar-refractivity contribution is -0.133. The fourth-order valence-electron chi connectivity index (χ4n) is 3.13. The van der Waals surface area contributed by atoms with Crippen molar-refractivity contribution in [3.05, 3.63) is 52.5 Å². The first-order chi connectivity index (χ1) is 14.5. The number of carbonyl (C=O) groups is 1. The Kier molecular flexibility index (Phi) is 6.06. The predicted molar refractivity (Wildman–Crippen MR) is 113 cm³/mol. The van der Waals surface area contributed by atoms with Crippen LogP contribution >= 0.6 is 23.2 Å². The van der Waals surface area contributed by atoms with Crippen molar-refractivity contribution in [3.63, 3.8) is 0 Å². The van der Waals surface area contributed by atoms with Crippen LogP contribution in [0.2, 0.25) is 10.0 Å². The van der Waals surface area contributed by atoms with E-state index in [-0.39, 0.29) is 12.5 Å². The molecule has 1 fully saturated rings. The second-order valence-electron chi connectivity index (χ2n) is 6.77. The SMILES string of the molecule is Cc1nc(-c2ccc(N3CCN(C(=O)COc4ccc(Cl)cc4Cl)CC3)nc2)no1. The maximum Gasteiger partial charge on any atom is 0.260 e. The van der Waals surface area contributed by atoms with E-state index in [2.05, 4.69) is 20.0 Å². The summed E-state index contributed by atoms with van der Waals surface area (Å²) in [5.41, 5.74) is 0.794. The summed E-state index contributed by atoms with van der Waals surface area (Å²) < 4.78 is 10.5. The van der Waals surface area contributed by atoms with Gasteiger partial charge in [0.15, 0.2) is 6.61 Å². The van der Waals surface area contributed by atoms with Gasteiger partial charge in [0.1, 0.15) is 11.6 Å². The Labute approximate surface area is 183 Å². The molecule has 0 N–H and O–H groups in total. The van der Waals surface area contributed by atoms with Gasteiger partial charge in [0, 0.05) is 49.9 Å². The van der Waals surface area contributed by atoms with Gasteiger partial charge < -0.3 is 19.1 Å². The minimum Gasteiger partial charge on any atom is -0.482 e. The van der Waals surface area contributed by atoms with E-state index >= 15 is 0 Å². The number of halogens is 2. The molecule has 1 aliphatic heterocycles. The van der Waals surface area contributed by atoms with Crippen LogP contribution in [0, 0.1) is 6.92 Å². The van der Waals surface area contributed by atoms with Crippen molar-refractivity contribution < 1.29 is 14.1 Å². The summed E-state index contributed by atoms with van der Waals surface area (Å²) >= 11 is 11.9. The second-order valence-corrected chi connectivity index (χ2v) is 7.62. The van der Waals surface area contributed by atoms with Gasteiger partial charge in [0.05, 0.1) is 5.02 Å². The largest absolute Gasteiger partial charge is 0.482 e. The van der Waals surface area contributed by atoms with Crippen LogP contribution in [0.25, 0.3) is 11.4 Å². The van der Waals surface area contributed by atoms with Crippen LogP contribution in [-0.4, -0.2) is 58.7 Å². The Balaban J connectivity index is 1.29. The first kappa shape index (κ1) is 20.4. The van der Waals surface area contributed by atoms with E-state index in [9.17, 15) is 4.79 Å². The molecule has 0 bridgehead atoms. The van der Waals surface area contributed by atoms with E-state index in [0.29, 0.717) is 53.7 Å². The zero-order chi connectivity index (χ0) is 21.1. The number of rotatable bonds is 5. The molecule has 1 amide bonds. The van der Waals surface area contributed by atoms with Crippen LogP contribution in [-0.2, 0) is 4.79 Å². The zero-order valence-corrected chi connectivity index (χ0v) is 17.7. The Hall–Kier alpha value is -2.84. The summed E-state index contributed by atoms with van der Waals surface area (Å²) in [7, 11) is 0. The fourth-order valence-corrected chi connectivity index (χ4v) is 3.59. The molecule has 30 heavy (non-hydrogen) atoms. The number of carbonyl (C=O) groups excluding carboxylic acids is 1. The molecule has 0 radical (unpaired) electrons. The number of benzene rings is 1. The molecule has 1 aliphatic rings. The molecule has 1 aromatic carbocycles. The number of ether oxygens (including phenoxy) is 1. The van der Waals surface area contributed by atoms with Gasteiger partial charge in [-0.1, -0.05) is 28.4 Å². The third-order valence-electron chi connectivity index (χ3n) is 4.74. The number of aryl methyl sites for hydroxylation is 1. The molecule has 0 aliphatic carbocycles. The molecule has 4 rings (SSSR count). The van der Waals surface area contributed by atoms with Gasteiger partial charge in [-0.25, -0.2) is 4.98 Å². The van der Waals surface area contributed by atoms with E-state index in [1.165, 1.54) is 0 Å². The molecule has 0 atom stereocenters. The summed E-state index contributed by atoms with van der Waals surface area (Å²) in [6, 6.07) is 8.74. The van der Waals surface area contributed by atoms with Gasteiger partial charge in [0.25, 0.3) is 5.91 Å². The standard InChI is InChI=1S/C20H19Cl2N5O3/c1-13-24-20(25-30-13)14-2-5-18(23-11-14)26-6-8-27(9-7-26)19(28)12-29-17-4-3-15(21)10-16(17)22/h2-5,10-11H,6-9,12H2,1H3. The molecule has 0 saturated carbocycles. The Morgan fingerprint density at radius 2 is 1.97 bits per heavy atom. The molecule has 2 aromatic heterocycles. The van der Waals surface area contributed by atoms with Gasteiger partial charge >= 0.3 is 0 Å². The Morgan fingerprint density at radius 1 is 1.17 bits per heavy atom. The number of anilines is 1. The number of nitrogens with zero attached hydrogens (tertiary/aromatic N) is 5. The van der Waals surface area contributed by atoms with Crippen molar-refractivity contribution in [2.45, 2.75) is 6.92 Å². The molecule has 3 aromatic rings. The first-order valence-electron chi connectivity index (χ1n) is 9.37. The van der Waals surface area contributed by atoms with Crippen LogP contribution < -0.4 is 9.64 Å². The summed E-state index contributed by atoms with van der Waals surface area (Å²) in [6.07, 6.45) is 1.72. The lowest BCUT2D eigenvalue weighted by Crippen LogP contribution is -2.50. The van der Waals surface area contributed by atoms with Crippen molar-refractivity contribution in [3.8, 4) is 17.1 Å². The molecule has 1 saturated heterocycles. The fraction of sp³-hybridized carbons (Fsp3) is 0.300.